The highest BCUT2D eigenvalue weighted by atomic mass is 35.5. The maximum atomic E-state index is 12.9. The van der Waals surface area contributed by atoms with Crippen LogP contribution in [0.4, 0.5) is 13.2 Å². The number of carbonyl (C=O) groups excluding carboxylic acids is 1. The lowest BCUT2D eigenvalue weighted by atomic mass is 9.96. The van der Waals surface area contributed by atoms with Crippen LogP contribution in [0.3, 0.4) is 0 Å². The van der Waals surface area contributed by atoms with Gasteiger partial charge in [0.25, 0.3) is 0 Å². The van der Waals surface area contributed by atoms with Gasteiger partial charge in [-0.25, -0.2) is 0 Å². The number of carboxylic acid groups (broad SMARTS) is 1. The van der Waals surface area contributed by atoms with Crippen LogP contribution >= 0.6 is 12.4 Å². The first-order chi connectivity index (χ1) is 9.54. The minimum Gasteiger partial charge on any atom is -0.481 e. The number of hydrogen-bond donors (Lipinski definition) is 2. The molecule has 0 saturated carbocycles. The van der Waals surface area contributed by atoms with Crippen LogP contribution in [0.25, 0.3) is 0 Å². The molecule has 5 nitrogen and oxygen atoms in total. The van der Waals surface area contributed by atoms with Crippen molar-refractivity contribution in [1.82, 2.24) is 10.2 Å². The summed E-state index contributed by atoms with van der Waals surface area (Å²) in [6.45, 7) is 5.00. The van der Waals surface area contributed by atoms with Gasteiger partial charge >= 0.3 is 12.1 Å². The quantitative estimate of drug-likeness (QED) is 0.796. The third kappa shape index (κ3) is 5.31. The maximum Gasteiger partial charge on any atom is 0.393 e. The number of rotatable bonds is 5. The number of halogens is 4. The Hall–Kier alpha value is -1.02. The summed E-state index contributed by atoms with van der Waals surface area (Å²) < 4.78 is 38.6. The smallest absolute Gasteiger partial charge is 0.393 e. The first-order valence-electron chi connectivity index (χ1n) is 6.85. The van der Waals surface area contributed by atoms with Crippen molar-refractivity contribution in [3.8, 4) is 0 Å². The first-order valence-corrected chi connectivity index (χ1v) is 6.85. The Balaban J connectivity index is 0.00000441. The van der Waals surface area contributed by atoms with Crippen molar-refractivity contribution in [3.63, 3.8) is 0 Å². The van der Waals surface area contributed by atoms with Crippen LogP contribution in [-0.2, 0) is 9.59 Å². The molecule has 1 fully saturated rings. The summed E-state index contributed by atoms with van der Waals surface area (Å²) >= 11 is 0. The van der Waals surface area contributed by atoms with Gasteiger partial charge in [-0.15, -0.1) is 12.4 Å². The van der Waals surface area contributed by atoms with E-state index in [2.05, 4.69) is 5.32 Å². The van der Waals surface area contributed by atoms with Gasteiger partial charge in [-0.3, -0.25) is 14.5 Å². The minimum absolute atomic E-state index is 0. The second-order valence-corrected chi connectivity index (χ2v) is 5.86. The van der Waals surface area contributed by atoms with Crippen molar-refractivity contribution >= 4 is 24.3 Å². The SMILES string of the molecule is CC(C)CNC(=O)C(C)N1C[C@@H](C(F)(F)F)[C@H](C(=O)O)C1.Cl. The van der Waals surface area contributed by atoms with E-state index >= 15 is 0 Å². The average Bonchev–Trinajstić information content (AvgIpc) is 2.79. The Bertz CT molecular complexity index is 404. The number of aliphatic carboxylic acids is 1. The van der Waals surface area contributed by atoms with Crippen molar-refractivity contribution in [2.75, 3.05) is 19.6 Å². The average molecular weight is 347 g/mol. The lowest BCUT2D eigenvalue weighted by molar-refractivity contribution is -0.188. The van der Waals surface area contributed by atoms with Crippen LogP contribution in [0.5, 0.6) is 0 Å². The molecule has 0 aromatic rings. The first kappa shape index (κ1) is 21.0. The van der Waals surface area contributed by atoms with Crippen LogP contribution in [-0.4, -0.2) is 53.7 Å². The van der Waals surface area contributed by atoms with Gasteiger partial charge in [0.15, 0.2) is 0 Å². The summed E-state index contributed by atoms with van der Waals surface area (Å²) in [4.78, 5) is 24.2. The normalized spacial score (nSPS) is 24.0. The number of hydrogen-bond acceptors (Lipinski definition) is 3. The third-order valence-corrected chi connectivity index (χ3v) is 3.70. The molecule has 0 bridgehead atoms. The fourth-order valence-electron chi connectivity index (χ4n) is 2.35. The van der Waals surface area contributed by atoms with Crippen molar-refractivity contribution in [2.45, 2.75) is 33.0 Å². The zero-order chi connectivity index (χ0) is 16.4. The second kappa shape index (κ2) is 8.01. The van der Waals surface area contributed by atoms with Gasteiger partial charge in [0.1, 0.15) is 0 Å². The monoisotopic (exact) mass is 346 g/mol. The fourth-order valence-corrected chi connectivity index (χ4v) is 2.35. The van der Waals surface area contributed by atoms with Crippen molar-refractivity contribution in [2.24, 2.45) is 17.8 Å². The zero-order valence-electron chi connectivity index (χ0n) is 12.7. The highest BCUT2D eigenvalue weighted by molar-refractivity contribution is 5.85. The van der Waals surface area contributed by atoms with E-state index in [4.69, 9.17) is 5.11 Å². The van der Waals surface area contributed by atoms with Crippen molar-refractivity contribution in [1.29, 1.82) is 0 Å². The largest absolute Gasteiger partial charge is 0.481 e. The molecule has 1 saturated heterocycles. The number of nitrogens with one attached hydrogen (secondary N) is 1. The molecule has 0 spiro atoms. The van der Waals surface area contributed by atoms with E-state index < -0.39 is 36.6 Å². The van der Waals surface area contributed by atoms with E-state index in [1.54, 1.807) is 0 Å². The minimum atomic E-state index is -4.58. The molecule has 0 radical (unpaired) electrons. The van der Waals surface area contributed by atoms with Crippen LogP contribution in [0, 0.1) is 17.8 Å². The predicted molar refractivity (Wildman–Crippen MR) is 76.8 cm³/mol. The molecule has 22 heavy (non-hydrogen) atoms. The summed E-state index contributed by atoms with van der Waals surface area (Å²) in [6.07, 6.45) is -4.58. The van der Waals surface area contributed by atoms with Gasteiger partial charge in [-0.05, 0) is 12.8 Å². The Morgan fingerprint density at radius 2 is 1.82 bits per heavy atom. The molecule has 1 rings (SSSR count). The number of carboxylic acids is 1. The zero-order valence-corrected chi connectivity index (χ0v) is 13.5. The predicted octanol–water partition coefficient (Wildman–Crippen LogP) is 1.76. The van der Waals surface area contributed by atoms with Gasteiger partial charge in [-0.2, -0.15) is 13.2 Å². The summed E-state index contributed by atoms with van der Waals surface area (Å²) in [6, 6.07) is -0.780. The molecule has 0 aromatic carbocycles. The standard InChI is InChI=1S/C13H21F3N2O3.ClH/c1-7(2)4-17-11(19)8(3)18-5-9(12(20)21)10(6-18)13(14,15)16;/h7-10H,4-6H2,1-3H3,(H,17,19)(H,20,21);1H/t8?,9-,10-;/m1./s1. The molecule has 1 aliphatic rings. The molecule has 1 heterocycles. The summed E-state index contributed by atoms with van der Waals surface area (Å²) in [5.41, 5.74) is 0. The second-order valence-electron chi connectivity index (χ2n) is 5.86. The lowest BCUT2D eigenvalue weighted by Crippen LogP contribution is -2.45. The molecule has 1 aliphatic heterocycles. The number of amides is 1. The Kier molecular flexibility index (Phi) is 7.64. The van der Waals surface area contributed by atoms with E-state index in [1.807, 2.05) is 13.8 Å². The molecule has 0 aromatic heterocycles. The summed E-state index contributed by atoms with van der Waals surface area (Å²) in [5, 5.41) is 11.6. The van der Waals surface area contributed by atoms with Gasteiger partial charge < -0.3 is 10.4 Å². The molecule has 0 aliphatic carbocycles. The highest BCUT2D eigenvalue weighted by Gasteiger charge is 2.53. The molecule has 3 atom stereocenters. The van der Waals surface area contributed by atoms with Gasteiger partial charge in [0.05, 0.1) is 17.9 Å². The molecule has 1 unspecified atom stereocenters. The third-order valence-electron chi connectivity index (χ3n) is 3.70. The molecule has 2 N–H and O–H groups in total. The molecule has 1 amide bonds. The van der Waals surface area contributed by atoms with E-state index in [1.165, 1.54) is 11.8 Å². The molecular formula is C13H22ClF3N2O3. The Morgan fingerprint density at radius 1 is 1.27 bits per heavy atom. The maximum absolute atomic E-state index is 12.9. The van der Waals surface area contributed by atoms with Crippen molar-refractivity contribution < 1.29 is 27.9 Å². The van der Waals surface area contributed by atoms with Crippen LogP contribution in [0.2, 0.25) is 0 Å². The lowest BCUT2D eigenvalue weighted by Gasteiger charge is -2.24. The topological polar surface area (TPSA) is 69.6 Å². The van der Waals surface area contributed by atoms with Gasteiger partial charge in [-0.1, -0.05) is 13.8 Å². The summed E-state index contributed by atoms with van der Waals surface area (Å²) in [7, 11) is 0. The number of carbonyl (C=O) groups is 2. The van der Waals surface area contributed by atoms with E-state index in [9.17, 15) is 22.8 Å². The molecular weight excluding hydrogens is 325 g/mol. The van der Waals surface area contributed by atoms with Crippen LogP contribution in [0.15, 0.2) is 0 Å². The van der Waals surface area contributed by atoms with E-state index in [0.717, 1.165) is 0 Å². The summed E-state index contributed by atoms with van der Waals surface area (Å²) in [5.74, 6) is -5.08. The van der Waals surface area contributed by atoms with Crippen LogP contribution < -0.4 is 5.32 Å². The van der Waals surface area contributed by atoms with Gasteiger partial charge in [0.2, 0.25) is 5.91 Å². The molecule has 130 valence electrons. The van der Waals surface area contributed by atoms with E-state index in [-0.39, 0.29) is 30.8 Å². The number of likely N-dealkylation sites (tertiary alicyclic amines) is 1. The number of alkyl halides is 3. The number of nitrogens with zero attached hydrogens (tertiary/aromatic N) is 1. The van der Waals surface area contributed by atoms with Crippen LogP contribution in [0.1, 0.15) is 20.8 Å². The Labute approximate surface area is 133 Å². The fraction of sp³-hybridized carbons (Fsp3) is 0.846. The highest BCUT2D eigenvalue weighted by Crippen LogP contribution is 2.38. The van der Waals surface area contributed by atoms with E-state index in [0.29, 0.717) is 6.54 Å². The molecule has 9 heteroatoms. The van der Waals surface area contributed by atoms with Gasteiger partial charge in [0, 0.05) is 19.6 Å². The Morgan fingerprint density at radius 3 is 2.18 bits per heavy atom. The van der Waals surface area contributed by atoms with Crippen molar-refractivity contribution in [3.05, 3.63) is 0 Å².